The summed E-state index contributed by atoms with van der Waals surface area (Å²) in [4.78, 5) is 6.65. The number of methoxy groups -OCH3 is 1. The van der Waals surface area contributed by atoms with E-state index in [1.54, 1.807) is 7.11 Å². The second-order valence-corrected chi connectivity index (χ2v) is 5.21. The van der Waals surface area contributed by atoms with Crippen molar-refractivity contribution in [1.82, 2.24) is 15.2 Å². The van der Waals surface area contributed by atoms with Crippen molar-refractivity contribution >= 4 is 0 Å². The highest BCUT2D eigenvalue weighted by molar-refractivity contribution is 5.41. The van der Waals surface area contributed by atoms with Crippen molar-refractivity contribution in [2.75, 3.05) is 33.3 Å². The van der Waals surface area contributed by atoms with Gasteiger partial charge in [0.05, 0.1) is 13.2 Å². The lowest BCUT2D eigenvalue weighted by atomic mass is 9.96. The highest BCUT2D eigenvalue weighted by atomic mass is 16.5. The number of aromatic nitrogens is 1. The number of para-hydroxylation sites is 1. The molecule has 1 aliphatic heterocycles. The molecule has 1 unspecified atom stereocenters. The zero-order chi connectivity index (χ0) is 14.5. The van der Waals surface area contributed by atoms with Crippen molar-refractivity contribution in [2.24, 2.45) is 0 Å². The predicted molar refractivity (Wildman–Crippen MR) is 83.5 cm³/mol. The number of benzene rings is 1. The Labute approximate surface area is 125 Å². The number of nitrogens with zero attached hydrogens (tertiary/aromatic N) is 2. The van der Waals surface area contributed by atoms with E-state index in [2.05, 4.69) is 39.5 Å². The van der Waals surface area contributed by atoms with Crippen LogP contribution in [0.1, 0.15) is 17.2 Å². The van der Waals surface area contributed by atoms with E-state index in [4.69, 9.17) is 4.74 Å². The number of pyridine rings is 1. The van der Waals surface area contributed by atoms with Crippen LogP contribution in [-0.4, -0.2) is 43.2 Å². The van der Waals surface area contributed by atoms with Crippen molar-refractivity contribution in [3.8, 4) is 5.75 Å². The molecule has 0 aliphatic carbocycles. The van der Waals surface area contributed by atoms with Gasteiger partial charge in [-0.2, -0.15) is 0 Å². The second-order valence-electron chi connectivity index (χ2n) is 5.21. The van der Waals surface area contributed by atoms with Crippen molar-refractivity contribution in [3.05, 3.63) is 59.9 Å². The number of ether oxygens (including phenoxy) is 1. The number of nitrogens with one attached hydrogen (secondary N) is 1. The van der Waals surface area contributed by atoms with Gasteiger partial charge in [0.2, 0.25) is 0 Å². The largest absolute Gasteiger partial charge is 0.496 e. The van der Waals surface area contributed by atoms with Gasteiger partial charge in [0.1, 0.15) is 5.75 Å². The van der Waals surface area contributed by atoms with E-state index in [9.17, 15) is 0 Å². The van der Waals surface area contributed by atoms with Gasteiger partial charge in [-0.1, -0.05) is 18.2 Å². The summed E-state index contributed by atoms with van der Waals surface area (Å²) in [5.41, 5.74) is 2.48. The van der Waals surface area contributed by atoms with Crippen molar-refractivity contribution in [3.63, 3.8) is 0 Å². The Kier molecular flexibility index (Phi) is 4.48. The third kappa shape index (κ3) is 3.06. The van der Waals surface area contributed by atoms with Crippen LogP contribution in [0.2, 0.25) is 0 Å². The molecule has 2 heterocycles. The summed E-state index contributed by atoms with van der Waals surface area (Å²) < 4.78 is 5.58. The third-order valence-electron chi connectivity index (χ3n) is 3.97. The summed E-state index contributed by atoms with van der Waals surface area (Å²) in [6, 6.07) is 12.7. The molecule has 1 atom stereocenters. The molecule has 4 heteroatoms. The lowest BCUT2D eigenvalue weighted by molar-refractivity contribution is 0.195. The lowest BCUT2D eigenvalue weighted by Crippen LogP contribution is -2.45. The van der Waals surface area contributed by atoms with Crippen LogP contribution >= 0.6 is 0 Å². The Morgan fingerprint density at radius 1 is 1.10 bits per heavy atom. The van der Waals surface area contributed by atoms with Crippen LogP contribution in [-0.2, 0) is 0 Å². The molecule has 1 saturated heterocycles. The van der Waals surface area contributed by atoms with Crippen molar-refractivity contribution in [2.45, 2.75) is 6.04 Å². The lowest BCUT2D eigenvalue weighted by Gasteiger charge is -2.36. The van der Waals surface area contributed by atoms with Crippen LogP contribution in [0.25, 0.3) is 0 Å². The molecule has 1 fully saturated rings. The summed E-state index contributed by atoms with van der Waals surface area (Å²) in [7, 11) is 1.74. The predicted octanol–water partition coefficient (Wildman–Crippen LogP) is 2.08. The highest BCUT2D eigenvalue weighted by Crippen LogP contribution is 2.34. The average molecular weight is 283 g/mol. The van der Waals surface area contributed by atoms with E-state index >= 15 is 0 Å². The monoisotopic (exact) mass is 283 g/mol. The maximum Gasteiger partial charge on any atom is 0.123 e. The molecule has 110 valence electrons. The Balaban J connectivity index is 2.03. The van der Waals surface area contributed by atoms with E-state index in [1.165, 1.54) is 11.1 Å². The minimum Gasteiger partial charge on any atom is -0.496 e. The molecule has 1 aliphatic rings. The normalized spacial score (nSPS) is 17.4. The van der Waals surface area contributed by atoms with Gasteiger partial charge in [-0.05, 0) is 23.8 Å². The molecule has 0 spiro atoms. The Hall–Kier alpha value is -1.91. The summed E-state index contributed by atoms with van der Waals surface area (Å²) in [6.07, 6.45) is 3.72. The first-order valence-electron chi connectivity index (χ1n) is 7.38. The summed E-state index contributed by atoms with van der Waals surface area (Å²) in [5, 5.41) is 3.42. The molecule has 0 bridgehead atoms. The molecule has 0 amide bonds. The van der Waals surface area contributed by atoms with E-state index < -0.39 is 0 Å². The first-order valence-corrected chi connectivity index (χ1v) is 7.38. The minimum absolute atomic E-state index is 0.214. The quantitative estimate of drug-likeness (QED) is 0.932. The van der Waals surface area contributed by atoms with Gasteiger partial charge >= 0.3 is 0 Å². The number of hydrogen-bond donors (Lipinski definition) is 1. The molecule has 0 saturated carbocycles. The maximum absolute atomic E-state index is 5.58. The first-order chi connectivity index (χ1) is 10.4. The maximum atomic E-state index is 5.58. The molecular formula is C17H21N3O. The summed E-state index contributed by atoms with van der Waals surface area (Å²) >= 11 is 0. The molecule has 4 nitrogen and oxygen atoms in total. The topological polar surface area (TPSA) is 37.4 Å². The summed E-state index contributed by atoms with van der Waals surface area (Å²) in [5.74, 6) is 0.942. The fourth-order valence-electron chi connectivity index (χ4n) is 2.97. The Morgan fingerprint density at radius 3 is 2.52 bits per heavy atom. The number of rotatable bonds is 4. The van der Waals surface area contributed by atoms with Crippen LogP contribution in [0.3, 0.4) is 0 Å². The fraction of sp³-hybridized carbons (Fsp3) is 0.353. The SMILES string of the molecule is COc1ccccc1C(c1ccncc1)N1CCNCC1. The van der Waals surface area contributed by atoms with Crippen molar-refractivity contribution < 1.29 is 4.74 Å². The Bertz CT molecular complexity index is 567. The molecular weight excluding hydrogens is 262 g/mol. The van der Waals surface area contributed by atoms with Crippen LogP contribution in [0.15, 0.2) is 48.8 Å². The molecule has 2 aromatic rings. The van der Waals surface area contributed by atoms with E-state index in [0.29, 0.717) is 0 Å². The van der Waals surface area contributed by atoms with Gasteiger partial charge in [0.15, 0.2) is 0 Å². The highest BCUT2D eigenvalue weighted by Gasteiger charge is 2.26. The minimum atomic E-state index is 0.214. The van der Waals surface area contributed by atoms with Gasteiger partial charge in [0, 0.05) is 44.1 Å². The van der Waals surface area contributed by atoms with Crippen LogP contribution < -0.4 is 10.1 Å². The van der Waals surface area contributed by atoms with E-state index in [-0.39, 0.29) is 6.04 Å². The molecule has 0 radical (unpaired) electrons. The number of hydrogen-bond acceptors (Lipinski definition) is 4. The number of piperazine rings is 1. The van der Waals surface area contributed by atoms with Gasteiger partial charge in [0.25, 0.3) is 0 Å². The standard InChI is InChI=1S/C17H21N3O/c1-21-16-5-3-2-4-15(16)17(14-6-8-18-9-7-14)20-12-10-19-11-13-20/h2-9,17,19H,10-13H2,1H3. The Morgan fingerprint density at radius 2 is 1.81 bits per heavy atom. The molecule has 1 aromatic heterocycles. The van der Waals surface area contributed by atoms with Gasteiger partial charge in [-0.3, -0.25) is 9.88 Å². The second kappa shape index (κ2) is 6.70. The van der Waals surface area contributed by atoms with Crippen LogP contribution in [0.4, 0.5) is 0 Å². The molecule has 1 N–H and O–H groups in total. The van der Waals surface area contributed by atoms with E-state index in [0.717, 1.165) is 31.9 Å². The summed E-state index contributed by atoms with van der Waals surface area (Å²) in [6.45, 7) is 4.11. The van der Waals surface area contributed by atoms with Gasteiger partial charge in [-0.25, -0.2) is 0 Å². The van der Waals surface area contributed by atoms with Gasteiger partial charge < -0.3 is 10.1 Å². The molecule has 1 aromatic carbocycles. The first kappa shape index (κ1) is 14.0. The average Bonchev–Trinajstić information content (AvgIpc) is 2.58. The van der Waals surface area contributed by atoms with E-state index in [1.807, 2.05) is 24.5 Å². The zero-order valence-corrected chi connectivity index (χ0v) is 12.3. The third-order valence-corrected chi connectivity index (χ3v) is 3.97. The van der Waals surface area contributed by atoms with Crippen LogP contribution in [0.5, 0.6) is 5.75 Å². The van der Waals surface area contributed by atoms with Crippen molar-refractivity contribution in [1.29, 1.82) is 0 Å². The zero-order valence-electron chi connectivity index (χ0n) is 12.3. The van der Waals surface area contributed by atoms with Crippen LogP contribution in [0, 0.1) is 0 Å². The fourth-order valence-corrected chi connectivity index (χ4v) is 2.97. The molecule has 21 heavy (non-hydrogen) atoms. The van der Waals surface area contributed by atoms with Gasteiger partial charge in [-0.15, -0.1) is 0 Å². The molecule has 3 rings (SSSR count). The smallest absolute Gasteiger partial charge is 0.123 e.